The number of urea groups is 1. The van der Waals surface area contributed by atoms with Crippen molar-refractivity contribution in [2.75, 3.05) is 0 Å². The number of aromatic nitrogens is 2. The van der Waals surface area contributed by atoms with Crippen LogP contribution in [0.25, 0.3) is 5.69 Å². The van der Waals surface area contributed by atoms with E-state index in [2.05, 4.69) is 5.10 Å². The molecule has 118 valence electrons. The normalized spacial score (nSPS) is 13.0. The Morgan fingerprint density at radius 3 is 2.36 bits per heavy atom. The molecule has 2 rings (SSSR count). The molecule has 0 spiro atoms. The van der Waals surface area contributed by atoms with E-state index in [1.807, 2.05) is 0 Å². The van der Waals surface area contributed by atoms with Gasteiger partial charge in [0.2, 0.25) is 0 Å². The van der Waals surface area contributed by atoms with Crippen molar-refractivity contribution in [3.8, 4) is 5.69 Å². The zero-order valence-electron chi connectivity index (χ0n) is 12.0. The minimum atomic E-state index is -4.67. The van der Waals surface area contributed by atoms with Gasteiger partial charge in [-0.25, -0.2) is 9.48 Å². The highest BCUT2D eigenvalue weighted by atomic mass is 19.4. The molecule has 5 nitrogen and oxygen atoms in total. The Morgan fingerprint density at radius 2 is 1.86 bits per heavy atom. The van der Waals surface area contributed by atoms with Crippen LogP contribution in [0.2, 0.25) is 0 Å². The van der Waals surface area contributed by atoms with E-state index in [-0.39, 0.29) is 11.3 Å². The Kier molecular flexibility index (Phi) is 4.11. The summed E-state index contributed by atoms with van der Waals surface area (Å²) in [6.07, 6.45) is -4.67. The molecule has 0 aliphatic rings. The van der Waals surface area contributed by atoms with E-state index in [0.29, 0.717) is 11.4 Å². The first-order valence-electron chi connectivity index (χ1n) is 6.46. The molecular formula is C14H15F3N4O. The van der Waals surface area contributed by atoms with Crippen molar-refractivity contribution < 1.29 is 18.0 Å². The van der Waals surface area contributed by atoms with E-state index in [0.717, 1.165) is 0 Å². The van der Waals surface area contributed by atoms with E-state index in [1.54, 1.807) is 35.6 Å². The summed E-state index contributed by atoms with van der Waals surface area (Å²) in [5, 5.41) is 5.89. The quantitative estimate of drug-likeness (QED) is 0.914. The molecule has 1 atom stereocenters. The Balaban J connectivity index is 2.55. The number of carbonyl (C=O) groups is 1. The predicted molar refractivity (Wildman–Crippen MR) is 74.6 cm³/mol. The van der Waals surface area contributed by atoms with E-state index in [4.69, 9.17) is 5.73 Å². The van der Waals surface area contributed by atoms with Gasteiger partial charge in [0.15, 0.2) is 6.04 Å². The molecule has 3 N–H and O–H groups in total. The Labute approximate surface area is 124 Å². The number of nitrogens with zero attached hydrogens (tertiary/aromatic N) is 2. The minimum Gasteiger partial charge on any atom is -0.352 e. The summed E-state index contributed by atoms with van der Waals surface area (Å²) in [7, 11) is 0. The molecule has 0 aliphatic carbocycles. The van der Waals surface area contributed by atoms with E-state index >= 15 is 0 Å². The monoisotopic (exact) mass is 312 g/mol. The third-order valence-corrected chi connectivity index (χ3v) is 3.25. The van der Waals surface area contributed by atoms with Gasteiger partial charge in [-0.3, -0.25) is 0 Å². The van der Waals surface area contributed by atoms with Gasteiger partial charge in [-0.15, -0.1) is 0 Å². The van der Waals surface area contributed by atoms with Gasteiger partial charge in [-0.05, 0) is 26.0 Å². The van der Waals surface area contributed by atoms with Crippen molar-refractivity contribution in [3.63, 3.8) is 0 Å². The number of alkyl halides is 3. The van der Waals surface area contributed by atoms with Crippen molar-refractivity contribution in [2.45, 2.75) is 26.1 Å². The van der Waals surface area contributed by atoms with Crippen molar-refractivity contribution in [2.24, 2.45) is 5.73 Å². The van der Waals surface area contributed by atoms with Crippen LogP contribution in [0.3, 0.4) is 0 Å². The topological polar surface area (TPSA) is 72.9 Å². The zero-order valence-corrected chi connectivity index (χ0v) is 12.0. The molecule has 0 saturated heterocycles. The average Bonchev–Trinajstić information content (AvgIpc) is 2.71. The third kappa shape index (κ3) is 3.05. The molecule has 0 radical (unpaired) electrons. The lowest BCUT2D eigenvalue weighted by atomic mass is 10.0. The maximum atomic E-state index is 13.2. The molecule has 8 heteroatoms. The highest BCUT2D eigenvalue weighted by molar-refractivity contribution is 5.72. The van der Waals surface area contributed by atoms with Crippen molar-refractivity contribution in [1.29, 1.82) is 0 Å². The maximum absolute atomic E-state index is 13.2. The lowest BCUT2D eigenvalue weighted by molar-refractivity contribution is -0.155. The largest absolute Gasteiger partial charge is 0.413 e. The number of hydrogen-bond acceptors (Lipinski definition) is 2. The summed E-state index contributed by atoms with van der Waals surface area (Å²) in [5.41, 5.74) is 5.87. The molecule has 0 bridgehead atoms. The van der Waals surface area contributed by atoms with Gasteiger partial charge in [-0.2, -0.15) is 18.3 Å². The molecule has 2 aromatic rings. The smallest absolute Gasteiger partial charge is 0.352 e. The number of hydrogen-bond donors (Lipinski definition) is 2. The second-order valence-electron chi connectivity index (χ2n) is 4.82. The average molecular weight is 312 g/mol. The molecule has 22 heavy (non-hydrogen) atoms. The number of rotatable bonds is 3. The van der Waals surface area contributed by atoms with E-state index in [9.17, 15) is 18.0 Å². The van der Waals surface area contributed by atoms with Gasteiger partial charge < -0.3 is 11.1 Å². The summed E-state index contributed by atoms with van der Waals surface area (Å²) < 4.78 is 41.1. The number of nitrogens with one attached hydrogen (secondary N) is 1. The number of amides is 2. The van der Waals surface area contributed by atoms with Crippen LogP contribution in [0.4, 0.5) is 18.0 Å². The Bertz CT molecular complexity index is 679. The SMILES string of the molecule is Cc1nn(-c2ccccc2)c(C)c1[C@@H](NC(N)=O)C(F)(F)F. The van der Waals surface area contributed by atoms with E-state index in [1.165, 1.54) is 18.5 Å². The van der Waals surface area contributed by atoms with Crippen molar-refractivity contribution >= 4 is 6.03 Å². The van der Waals surface area contributed by atoms with Crippen LogP contribution in [0.15, 0.2) is 30.3 Å². The fourth-order valence-corrected chi connectivity index (χ4v) is 2.35. The Morgan fingerprint density at radius 1 is 1.27 bits per heavy atom. The van der Waals surface area contributed by atoms with Crippen LogP contribution in [0.5, 0.6) is 0 Å². The van der Waals surface area contributed by atoms with Gasteiger partial charge in [0.1, 0.15) is 0 Å². The molecule has 0 aliphatic heterocycles. The Hall–Kier alpha value is -2.51. The second kappa shape index (κ2) is 5.70. The summed E-state index contributed by atoms with van der Waals surface area (Å²) in [4.78, 5) is 10.9. The van der Waals surface area contributed by atoms with Gasteiger partial charge in [0, 0.05) is 11.3 Å². The molecule has 0 saturated carbocycles. The zero-order chi connectivity index (χ0) is 16.5. The lowest BCUT2D eigenvalue weighted by Crippen LogP contribution is -2.41. The van der Waals surface area contributed by atoms with Gasteiger partial charge in [0.05, 0.1) is 11.4 Å². The fourth-order valence-electron chi connectivity index (χ4n) is 2.35. The van der Waals surface area contributed by atoms with E-state index < -0.39 is 18.2 Å². The minimum absolute atomic E-state index is 0.102. The van der Waals surface area contributed by atoms with Gasteiger partial charge in [-0.1, -0.05) is 18.2 Å². The van der Waals surface area contributed by atoms with Gasteiger partial charge in [0.25, 0.3) is 0 Å². The number of primary amides is 1. The molecule has 1 heterocycles. The number of carbonyl (C=O) groups excluding carboxylic acids is 1. The van der Waals surface area contributed by atoms with Crippen LogP contribution in [0, 0.1) is 13.8 Å². The molecule has 1 aromatic heterocycles. The number of nitrogens with two attached hydrogens (primary N) is 1. The highest BCUT2D eigenvalue weighted by Gasteiger charge is 2.44. The molecule has 0 unspecified atom stereocenters. The van der Waals surface area contributed by atoms with Crippen LogP contribution < -0.4 is 11.1 Å². The summed E-state index contributed by atoms with van der Waals surface area (Å²) in [5.74, 6) is 0. The summed E-state index contributed by atoms with van der Waals surface area (Å²) in [6, 6.07) is 5.34. The molecule has 1 aromatic carbocycles. The van der Waals surface area contributed by atoms with Crippen LogP contribution in [-0.4, -0.2) is 22.0 Å². The highest BCUT2D eigenvalue weighted by Crippen LogP contribution is 2.36. The van der Waals surface area contributed by atoms with Crippen LogP contribution in [-0.2, 0) is 0 Å². The number of halogens is 3. The summed E-state index contributed by atoms with van der Waals surface area (Å²) in [6.45, 7) is 2.98. The molecule has 2 amide bonds. The number of aryl methyl sites for hydroxylation is 1. The fraction of sp³-hybridized carbons (Fsp3) is 0.286. The summed E-state index contributed by atoms with van der Waals surface area (Å²) >= 11 is 0. The first-order chi connectivity index (χ1) is 10.2. The van der Waals surface area contributed by atoms with Crippen LogP contribution >= 0.6 is 0 Å². The lowest BCUT2D eigenvalue weighted by Gasteiger charge is -2.21. The second-order valence-corrected chi connectivity index (χ2v) is 4.82. The standard InChI is InChI=1S/C14H15F3N4O/c1-8-11(12(14(15,16)17)19-13(18)22)9(2)21(20-8)10-6-4-3-5-7-10/h3-7,12H,1-2H3,(H3,18,19,22)/t12-/m1/s1. The number of para-hydroxylation sites is 1. The predicted octanol–water partition coefficient (Wildman–Crippen LogP) is 2.76. The first kappa shape index (κ1) is 15.9. The van der Waals surface area contributed by atoms with Crippen molar-refractivity contribution in [1.82, 2.24) is 15.1 Å². The maximum Gasteiger partial charge on any atom is 0.413 e. The number of benzene rings is 1. The molecule has 0 fully saturated rings. The van der Waals surface area contributed by atoms with Crippen molar-refractivity contribution in [3.05, 3.63) is 47.3 Å². The first-order valence-corrected chi connectivity index (χ1v) is 6.46. The van der Waals surface area contributed by atoms with Crippen LogP contribution in [0.1, 0.15) is 23.0 Å². The third-order valence-electron chi connectivity index (χ3n) is 3.25. The van der Waals surface area contributed by atoms with Gasteiger partial charge >= 0.3 is 12.2 Å². The molecular weight excluding hydrogens is 297 g/mol.